The number of benzene rings is 1. The van der Waals surface area contributed by atoms with Gasteiger partial charge in [0.15, 0.2) is 0 Å². The number of para-hydroxylation sites is 1. The highest BCUT2D eigenvalue weighted by molar-refractivity contribution is 5.92. The second kappa shape index (κ2) is 6.56. The molecular formula is C17H20N4O. The van der Waals surface area contributed by atoms with E-state index in [1.54, 1.807) is 12.4 Å². The lowest BCUT2D eigenvalue weighted by Gasteiger charge is -2.30. The minimum atomic E-state index is -0.0229. The molecule has 1 N–H and O–H groups in total. The van der Waals surface area contributed by atoms with Crippen LogP contribution in [0.25, 0.3) is 0 Å². The summed E-state index contributed by atoms with van der Waals surface area (Å²) < 4.78 is 0. The van der Waals surface area contributed by atoms with E-state index in [1.165, 1.54) is 6.42 Å². The number of likely N-dealkylation sites (tertiary alicyclic amines) is 1. The minimum Gasteiger partial charge on any atom is -0.339 e. The number of carbonyl (C=O) groups is 1. The summed E-state index contributed by atoms with van der Waals surface area (Å²) in [5.41, 5.74) is 1.36. The molecule has 1 fully saturated rings. The fourth-order valence-corrected chi connectivity index (χ4v) is 2.71. The fraction of sp³-hybridized carbons (Fsp3) is 0.353. The number of anilines is 2. The van der Waals surface area contributed by atoms with Gasteiger partial charge in [0.05, 0.1) is 12.4 Å². The lowest BCUT2D eigenvalue weighted by atomic mass is 10.0. The Balaban J connectivity index is 1.67. The number of amides is 1. The zero-order chi connectivity index (χ0) is 15.4. The van der Waals surface area contributed by atoms with Crippen molar-refractivity contribution in [3.05, 3.63) is 48.4 Å². The largest absolute Gasteiger partial charge is 0.339 e. The number of rotatable bonds is 3. The summed E-state index contributed by atoms with van der Waals surface area (Å²) in [4.78, 5) is 22.8. The van der Waals surface area contributed by atoms with E-state index in [0.29, 0.717) is 17.4 Å². The van der Waals surface area contributed by atoms with E-state index in [-0.39, 0.29) is 5.91 Å². The number of carbonyl (C=O) groups excluding carboxylic acids is 1. The number of nitrogens with one attached hydrogen (secondary N) is 1. The molecule has 1 atom stereocenters. The van der Waals surface area contributed by atoms with Gasteiger partial charge in [-0.3, -0.25) is 4.79 Å². The van der Waals surface area contributed by atoms with Gasteiger partial charge in [0.2, 0.25) is 0 Å². The first kappa shape index (κ1) is 14.5. The van der Waals surface area contributed by atoms with Crippen molar-refractivity contribution >= 4 is 17.4 Å². The van der Waals surface area contributed by atoms with Gasteiger partial charge < -0.3 is 10.2 Å². The molecular weight excluding hydrogens is 276 g/mol. The first-order valence-electron chi connectivity index (χ1n) is 7.66. The highest BCUT2D eigenvalue weighted by Gasteiger charge is 2.23. The van der Waals surface area contributed by atoms with Crippen molar-refractivity contribution in [2.75, 3.05) is 18.4 Å². The Bertz CT molecular complexity index is 627. The third-order valence-electron chi connectivity index (χ3n) is 3.86. The smallest absolute Gasteiger partial charge is 0.274 e. The van der Waals surface area contributed by atoms with Crippen LogP contribution in [0.15, 0.2) is 42.7 Å². The Labute approximate surface area is 130 Å². The van der Waals surface area contributed by atoms with Crippen LogP contribution in [0.2, 0.25) is 0 Å². The van der Waals surface area contributed by atoms with Crippen molar-refractivity contribution in [2.24, 2.45) is 5.92 Å². The van der Waals surface area contributed by atoms with Gasteiger partial charge in [0.1, 0.15) is 11.5 Å². The number of aromatic nitrogens is 2. The average molecular weight is 296 g/mol. The van der Waals surface area contributed by atoms with Crippen LogP contribution in [0.1, 0.15) is 30.3 Å². The standard InChI is InChI=1S/C17H20N4O/c1-13-6-5-9-21(12-13)17(22)15-10-19-16(11-18-15)20-14-7-3-2-4-8-14/h2-4,7-8,10-11,13H,5-6,9,12H2,1H3,(H,19,20). The lowest BCUT2D eigenvalue weighted by molar-refractivity contribution is 0.0676. The average Bonchev–Trinajstić information content (AvgIpc) is 2.56. The topological polar surface area (TPSA) is 58.1 Å². The zero-order valence-corrected chi connectivity index (χ0v) is 12.7. The van der Waals surface area contributed by atoms with E-state index in [9.17, 15) is 4.79 Å². The SMILES string of the molecule is CC1CCCN(C(=O)c2cnc(Nc3ccccc3)cn2)C1. The molecule has 1 unspecified atom stereocenters. The third-order valence-corrected chi connectivity index (χ3v) is 3.86. The van der Waals surface area contributed by atoms with Gasteiger partial charge in [-0.15, -0.1) is 0 Å². The molecule has 1 saturated heterocycles. The van der Waals surface area contributed by atoms with Crippen molar-refractivity contribution in [3.8, 4) is 0 Å². The Hall–Kier alpha value is -2.43. The van der Waals surface area contributed by atoms with Gasteiger partial charge in [-0.2, -0.15) is 0 Å². The summed E-state index contributed by atoms with van der Waals surface area (Å²) in [6, 6.07) is 9.76. The van der Waals surface area contributed by atoms with Gasteiger partial charge in [-0.25, -0.2) is 9.97 Å². The van der Waals surface area contributed by atoms with E-state index in [4.69, 9.17) is 0 Å². The number of nitrogens with zero attached hydrogens (tertiary/aromatic N) is 3. The first-order chi connectivity index (χ1) is 10.7. The van der Waals surface area contributed by atoms with Crippen molar-refractivity contribution < 1.29 is 4.79 Å². The second-order valence-electron chi connectivity index (χ2n) is 5.78. The molecule has 2 aromatic rings. The van der Waals surface area contributed by atoms with Crippen LogP contribution in [0.4, 0.5) is 11.5 Å². The molecule has 0 radical (unpaired) electrons. The summed E-state index contributed by atoms with van der Waals surface area (Å²) in [6.45, 7) is 3.80. The van der Waals surface area contributed by atoms with Crippen LogP contribution in [0.3, 0.4) is 0 Å². The zero-order valence-electron chi connectivity index (χ0n) is 12.7. The Morgan fingerprint density at radius 3 is 2.73 bits per heavy atom. The maximum atomic E-state index is 12.4. The second-order valence-corrected chi connectivity index (χ2v) is 5.78. The molecule has 2 heterocycles. The molecule has 3 rings (SSSR count). The molecule has 0 aliphatic carbocycles. The molecule has 1 aliphatic rings. The Kier molecular flexibility index (Phi) is 4.32. The summed E-state index contributed by atoms with van der Waals surface area (Å²) in [7, 11) is 0. The van der Waals surface area contributed by atoms with Crippen LogP contribution in [0, 0.1) is 5.92 Å². The van der Waals surface area contributed by atoms with Crippen LogP contribution < -0.4 is 5.32 Å². The summed E-state index contributed by atoms with van der Waals surface area (Å²) >= 11 is 0. The molecule has 1 amide bonds. The van der Waals surface area contributed by atoms with E-state index < -0.39 is 0 Å². The van der Waals surface area contributed by atoms with Gasteiger partial charge in [-0.1, -0.05) is 25.1 Å². The molecule has 114 valence electrons. The number of hydrogen-bond acceptors (Lipinski definition) is 4. The van der Waals surface area contributed by atoms with Crippen molar-refractivity contribution in [1.29, 1.82) is 0 Å². The Morgan fingerprint density at radius 1 is 1.23 bits per heavy atom. The summed E-state index contributed by atoms with van der Waals surface area (Å²) in [5, 5.41) is 3.16. The molecule has 5 nitrogen and oxygen atoms in total. The third kappa shape index (κ3) is 3.42. The fourth-order valence-electron chi connectivity index (χ4n) is 2.71. The predicted octanol–water partition coefficient (Wildman–Crippen LogP) is 3.09. The first-order valence-corrected chi connectivity index (χ1v) is 7.66. The number of piperidine rings is 1. The normalized spacial score (nSPS) is 18.0. The van der Waals surface area contributed by atoms with Gasteiger partial charge in [-0.05, 0) is 30.9 Å². The monoisotopic (exact) mass is 296 g/mol. The number of hydrogen-bond donors (Lipinski definition) is 1. The summed E-state index contributed by atoms with van der Waals surface area (Å²) in [6.07, 6.45) is 5.41. The molecule has 1 aliphatic heterocycles. The Morgan fingerprint density at radius 2 is 2.05 bits per heavy atom. The maximum absolute atomic E-state index is 12.4. The van der Waals surface area contributed by atoms with Crippen LogP contribution >= 0.6 is 0 Å². The molecule has 1 aromatic heterocycles. The summed E-state index contributed by atoms with van der Waals surface area (Å²) in [5.74, 6) is 1.17. The molecule has 0 saturated carbocycles. The van der Waals surface area contributed by atoms with Gasteiger partial charge >= 0.3 is 0 Å². The molecule has 5 heteroatoms. The molecule has 0 bridgehead atoms. The maximum Gasteiger partial charge on any atom is 0.274 e. The van der Waals surface area contributed by atoms with Gasteiger partial charge in [0.25, 0.3) is 5.91 Å². The lowest BCUT2D eigenvalue weighted by Crippen LogP contribution is -2.39. The molecule has 22 heavy (non-hydrogen) atoms. The molecule has 0 spiro atoms. The van der Waals surface area contributed by atoms with Crippen molar-refractivity contribution in [1.82, 2.24) is 14.9 Å². The van der Waals surface area contributed by atoms with Crippen molar-refractivity contribution in [2.45, 2.75) is 19.8 Å². The minimum absolute atomic E-state index is 0.0229. The van der Waals surface area contributed by atoms with E-state index in [0.717, 1.165) is 25.2 Å². The van der Waals surface area contributed by atoms with Crippen molar-refractivity contribution in [3.63, 3.8) is 0 Å². The van der Waals surface area contributed by atoms with Crippen LogP contribution in [-0.2, 0) is 0 Å². The predicted molar refractivity (Wildman–Crippen MR) is 86.1 cm³/mol. The molecule has 1 aromatic carbocycles. The van der Waals surface area contributed by atoms with E-state index in [1.807, 2.05) is 35.2 Å². The quantitative estimate of drug-likeness (QED) is 0.945. The highest BCUT2D eigenvalue weighted by Crippen LogP contribution is 2.18. The highest BCUT2D eigenvalue weighted by atomic mass is 16.2. The van der Waals surface area contributed by atoms with E-state index in [2.05, 4.69) is 22.2 Å². The van der Waals surface area contributed by atoms with E-state index >= 15 is 0 Å². The van der Waals surface area contributed by atoms with Crippen LogP contribution in [-0.4, -0.2) is 33.9 Å². The van der Waals surface area contributed by atoms with Gasteiger partial charge in [0, 0.05) is 18.8 Å². The van der Waals surface area contributed by atoms with Crippen LogP contribution in [0.5, 0.6) is 0 Å².